The number of thiazole rings is 1. The number of carbonyl (C=O) groups is 1. The fourth-order valence-electron chi connectivity index (χ4n) is 3.08. The number of aryl methyl sites for hydroxylation is 1. The molecule has 0 radical (unpaired) electrons. The zero-order valence-electron chi connectivity index (χ0n) is 18.2. The number of hydrogen-bond acceptors (Lipinski definition) is 8. The maximum absolute atomic E-state index is 12.9. The zero-order valence-corrected chi connectivity index (χ0v) is 19.0. The van der Waals surface area contributed by atoms with Crippen molar-refractivity contribution in [1.82, 2.24) is 4.98 Å². The van der Waals surface area contributed by atoms with Gasteiger partial charge in [-0.3, -0.25) is 10.1 Å². The molecule has 0 unspecified atom stereocenters. The lowest BCUT2D eigenvalue weighted by Gasteiger charge is -2.13. The molecule has 0 aliphatic carbocycles. The summed E-state index contributed by atoms with van der Waals surface area (Å²) in [7, 11) is 7.69. The molecule has 3 rings (SSSR count). The van der Waals surface area contributed by atoms with Crippen molar-refractivity contribution in [2.75, 3.05) is 40.9 Å². The van der Waals surface area contributed by atoms with Gasteiger partial charge in [0.05, 0.1) is 41.2 Å². The van der Waals surface area contributed by atoms with Gasteiger partial charge in [-0.2, -0.15) is 0 Å². The fourth-order valence-corrected chi connectivity index (χ4v) is 3.90. The van der Waals surface area contributed by atoms with Crippen LogP contribution in [0.4, 0.5) is 5.13 Å². The van der Waals surface area contributed by atoms with Gasteiger partial charge < -0.3 is 23.7 Å². The summed E-state index contributed by atoms with van der Waals surface area (Å²) in [5, 5.41) is 3.30. The third-order valence-electron chi connectivity index (χ3n) is 4.61. The Morgan fingerprint density at radius 2 is 1.52 bits per heavy atom. The van der Waals surface area contributed by atoms with Crippen molar-refractivity contribution in [2.45, 2.75) is 6.92 Å². The molecule has 0 atom stereocenters. The zero-order chi connectivity index (χ0) is 22.5. The van der Waals surface area contributed by atoms with Gasteiger partial charge in [-0.25, -0.2) is 4.98 Å². The molecule has 2 aromatic carbocycles. The minimum atomic E-state index is -0.346. The van der Waals surface area contributed by atoms with E-state index >= 15 is 0 Å². The van der Waals surface area contributed by atoms with Gasteiger partial charge in [0.25, 0.3) is 5.91 Å². The lowest BCUT2D eigenvalue weighted by atomic mass is 10.1. The Morgan fingerprint density at radius 3 is 2.06 bits per heavy atom. The van der Waals surface area contributed by atoms with Crippen LogP contribution in [0.3, 0.4) is 0 Å². The van der Waals surface area contributed by atoms with E-state index in [9.17, 15) is 4.79 Å². The van der Waals surface area contributed by atoms with E-state index in [1.54, 1.807) is 32.4 Å². The summed E-state index contributed by atoms with van der Waals surface area (Å²) in [5.41, 5.74) is 1.89. The molecular weight excluding hydrogens is 420 g/mol. The van der Waals surface area contributed by atoms with Gasteiger partial charge in [0.15, 0.2) is 16.6 Å². The molecule has 164 valence electrons. The maximum atomic E-state index is 12.9. The number of nitrogens with zero attached hydrogens (tertiary/aromatic N) is 1. The normalized spacial score (nSPS) is 10.4. The van der Waals surface area contributed by atoms with Gasteiger partial charge in [-0.1, -0.05) is 0 Å². The minimum absolute atomic E-state index is 0.346. The predicted octanol–water partition coefficient (Wildman–Crippen LogP) is 4.41. The van der Waals surface area contributed by atoms with Crippen LogP contribution in [0.25, 0.3) is 11.3 Å². The van der Waals surface area contributed by atoms with Crippen molar-refractivity contribution in [3.8, 4) is 40.0 Å². The van der Waals surface area contributed by atoms with Crippen LogP contribution < -0.4 is 29.0 Å². The molecule has 1 N–H and O–H groups in total. The highest BCUT2D eigenvalue weighted by Crippen LogP contribution is 2.40. The lowest BCUT2D eigenvalue weighted by Crippen LogP contribution is -2.12. The smallest absolute Gasteiger partial charge is 0.257 e. The number of aromatic nitrogens is 1. The molecule has 9 heteroatoms. The summed E-state index contributed by atoms with van der Waals surface area (Å²) in [6.45, 7) is 1.94. The Morgan fingerprint density at radius 1 is 0.871 bits per heavy atom. The largest absolute Gasteiger partial charge is 0.497 e. The highest BCUT2D eigenvalue weighted by molar-refractivity contribution is 7.16. The van der Waals surface area contributed by atoms with Crippen LogP contribution in [0.1, 0.15) is 15.2 Å². The first-order valence-electron chi connectivity index (χ1n) is 9.26. The first-order chi connectivity index (χ1) is 14.9. The second kappa shape index (κ2) is 9.57. The first kappa shape index (κ1) is 22.2. The van der Waals surface area contributed by atoms with Crippen LogP contribution in [0, 0.1) is 6.92 Å². The molecule has 3 aromatic rings. The number of methoxy groups -OCH3 is 5. The summed E-state index contributed by atoms with van der Waals surface area (Å²) in [5.74, 6) is 2.18. The van der Waals surface area contributed by atoms with Crippen molar-refractivity contribution >= 4 is 22.4 Å². The summed E-state index contributed by atoms with van der Waals surface area (Å²) < 4.78 is 26.7. The topological polar surface area (TPSA) is 88.1 Å². The molecule has 1 heterocycles. The van der Waals surface area contributed by atoms with Crippen molar-refractivity contribution in [3.05, 3.63) is 40.8 Å². The van der Waals surface area contributed by atoms with E-state index in [4.69, 9.17) is 23.7 Å². The molecular formula is C22H24N2O6S. The van der Waals surface area contributed by atoms with Gasteiger partial charge >= 0.3 is 0 Å². The molecule has 0 aliphatic rings. The minimum Gasteiger partial charge on any atom is -0.497 e. The van der Waals surface area contributed by atoms with Gasteiger partial charge in [-0.05, 0) is 31.2 Å². The van der Waals surface area contributed by atoms with Crippen LogP contribution in [-0.2, 0) is 0 Å². The molecule has 1 amide bonds. The van der Waals surface area contributed by atoms with Crippen molar-refractivity contribution in [3.63, 3.8) is 0 Å². The monoisotopic (exact) mass is 444 g/mol. The number of hydrogen-bond donors (Lipinski definition) is 1. The highest BCUT2D eigenvalue weighted by Gasteiger charge is 2.20. The average molecular weight is 445 g/mol. The van der Waals surface area contributed by atoms with Crippen molar-refractivity contribution < 1.29 is 28.5 Å². The molecule has 31 heavy (non-hydrogen) atoms. The standard InChI is InChI=1S/C22H24N2O6S/c1-12-19(15-8-7-14(26-2)11-16(15)27-3)23-22(31-12)24-21(25)13-9-17(28-4)20(30-6)18(10-13)29-5/h7-11H,1-6H3,(H,23,24,25). The summed E-state index contributed by atoms with van der Waals surface area (Å²) in [6.07, 6.45) is 0. The number of anilines is 1. The highest BCUT2D eigenvalue weighted by atomic mass is 32.1. The van der Waals surface area contributed by atoms with Crippen LogP contribution in [0.5, 0.6) is 28.7 Å². The molecule has 0 saturated heterocycles. The van der Waals surface area contributed by atoms with E-state index < -0.39 is 0 Å². The SMILES string of the molecule is COc1ccc(-c2nc(NC(=O)c3cc(OC)c(OC)c(OC)c3)sc2C)c(OC)c1. The Balaban J connectivity index is 1.91. The Hall–Kier alpha value is -3.46. The summed E-state index contributed by atoms with van der Waals surface area (Å²) in [6, 6.07) is 8.69. The summed E-state index contributed by atoms with van der Waals surface area (Å²) in [4.78, 5) is 18.4. The number of rotatable bonds is 8. The average Bonchev–Trinajstić information content (AvgIpc) is 3.16. The Bertz CT molecular complexity index is 1070. The van der Waals surface area contributed by atoms with E-state index in [0.717, 1.165) is 16.1 Å². The van der Waals surface area contributed by atoms with Crippen molar-refractivity contribution in [2.24, 2.45) is 0 Å². The van der Waals surface area contributed by atoms with Gasteiger partial charge in [-0.15, -0.1) is 11.3 Å². The van der Waals surface area contributed by atoms with Gasteiger partial charge in [0.2, 0.25) is 5.75 Å². The van der Waals surface area contributed by atoms with E-state index in [-0.39, 0.29) is 5.91 Å². The molecule has 0 bridgehead atoms. The Kier molecular flexibility index (Phi) is 6.86. The quantitative estimate of drug-likeness (QED) is 0.550. The van der Waals surface area contributed by atoms with Crippen LogP contribution in [0.15, 0.2) is 30.3 Å². The van der Waals surface area contributed by atoms with Crippen LogP contribution >= 0.6 is 11.3 Å². The summed E-state index contributed by atoms with van der Waals surface area (Å²) >= 11 is 1.37. The number of carbonyl (C=O) groups excluding carboxylic acids is 1. The van der Waals surface area contributed by atoms with Crippen molar-refractivity contribution in [1.29, 1.82) is 0 Å². The van der Waals surface area contributed by atoms with E-state index in [2.05, 4.69) is 10.3 Å². The Labute approximate surface area is 184 Å². The molecule has 8 nitrogen and oxygen atoms in total. The third kappa shape index (κ3) is 4.51. The first-order valence-corrected chi connectivity index (χ1v) is 10.1. The molecule has 0 fully saturated rings. The molecule has 1 aromatic heterocycles. The predicted molar refractivity (Wildman–Crippen MR) is 119 cm³/mol. The van der Waals surface area contributed by atoms with E-state index in [0.29, 0.717) is 39.4 Å². The molecule has 0 saturated carbocycles. The van der Waals surface area contributed by atoms with E-state index in [1.165, 1.54) is 32.7 Å². The van der Waals surface area contributed by atoms with E-state index in [1.807, 2.05) is 19.1 Å². The number of nitrogens with one attached hydrogen (secondary N) is 1. The van der Waals surface area contributed by atoms with Gasteiger partial charge in [0.1, 0.15) is 11.5 Å². The second-order valence-electron chi connectivity index (χ2n) is 6.36. The lowest BCUT2D eigenvalue weighted by molar-refractivity contribution is 0.102. The fraction of sp³-hybridized carbons (Fsp3) is 0.273. The second-order valence-corrected chi connectivity index (χ2v) is 7.56. The number of ether oxygens (including phenoxy) is 5. The number of benzene rings is 2. The molecule has 0 spiro atoms. The maximum Gasteiger partial charge on any atom is 0.257 e. The molecule has 0 aliphatic heterocycles. The van der Waals surface area contributed by atoms with Gasteiger partial charge in [0, 0.05) is 22.1 Å². The number of amides is 1. The van der Waals surface area contributed by atoms with Crippen LogP contribution in [-0.4, -0.2) is 46.4 Å². The third-order valence-corrected chi connectivity index (χ3v) is 5.49. The van der Waals surface area contributed by atoms with Crippen LogP contribution in [0.2, 0.25) is 0 Å².